The zero-order valence-corrected chi connectivity index (χ0v) is 15.6. The third-order valence-electron chi connectivity index (χ3n) is 3.77. The maximum absolute atomic E-state index is 11.8. The molecule has 0 unspecified atom stereocenters. The minimum Gasteiger partial charge on any atom is -0.465 e. The number of ether oxygens (including phenoxy) is 1. The summed E-state index contributed by atoms with van der Waals surface area (Å²) in [6.07, 6.45) is 1.55. The second-order valence-electron chi connectivity index (χ2n) is 5.60. The summed E-state index contributed by atoms with van der Waals surface area (Å²) in [6.45, 7) is 7.67. The van der Waals surface area contributed by atoms with Crippen LogP contribution < -0.4 is 0 Å². The minimum absolute atomic E-state index is 0.0485. The normalized spacial score (nSPS) is 10.8. The second-order valence-corrected chi connectivity index (χ2v) is 6.71. The molecule has 0 aromatic heterocycles. The van der Waals surface area contributed by atoms with Gasteiger partial charge in [-0.25, -0.2) is 0 Å². The molecule has 5 heteroatoms. The van der Waals surface area contributed by atoms with E-state index in [0.717, 1.165) is 38.2 Å². The predicted molar refractivity (Wildman–Crippen MR) is 100 cm³/mol. The highest BCUT2D eigenvalue weighted by Gasteiger charge is 2.11. The topological polar surface area (TPSA) is 46.6 Å². The van der Waals surface area contributed by atoms with Crippen molar-refractivity contribution in [1.82, 2.24) is 4.90 Å². The van der Waals surface area contributed by atoms with Crippen molar-refractivity contribution in [2.45, 2.75) is 33.1 Å². The fourth-order valence-corrected chi connectivity index (χ4v) is 3.15. The number of carbonyl (C=O) groups is 2. The summed E-state index contributed by atoms with van der Waals surface area (Å²) in [6, 6.07) is 10.1. The van der Waals surface area contributed by atoms with Gasteiger partial charge in [0.25, 0.3) is 0 Å². The molecule has 1 rings (SSSR count). The molecule has 0 fully saturated rings. The van der Waals surface area contributed by atoms with E-state index < -0.39 is 5.97 Å². The summed E-state index contributed by atoms with van der Waals surface area (Å²) in [5.41, 5.74) is 1.23. The van der Waals surface area contributed by atoms with Crippen molar-refractivity contribution in [1.29, 1.82) is 0 Å². The van der Waals surface area contributed by atoms with Crippen molar-refractivity contribution in [2.75, 3.05) is 37.7 Å². The first-order chi connectivity index (χ1) is 11.7. The van der Waals surface area contributed by atoms with Gasteiger partial charge in [0.05, 0.1) is 12.4 Å². The van der Waals surface area contributed by atoms with Crippen LogP contribution in [0.2, 0.25) is 0 Å². The summed E-state index contributed by atoms with van der Waals surface area (Å²) in [7, 11) is 0. The van der Waals surface area contributed by atoms with E-state index in [9.17, 15) is 9.59 Å². The van der Waals surface area contributed by atoms with Crippen LogP contribution in [0.5, 0.6) is 0 Å². The molecule has 0 heterocycles. The van der Waals surface area contributed by atoms with Gasteiger partial charge in [-0.05, 0) is 31.5 Å². The van der Waals surface area contributed by atoms with Gasteiger partial charge in [-0.1, -0.05) is 44.2 Å². The number of aryl methyl sites for hydroxylation is 1. The number of Topliss-reactive ketones (excluding diaryl/α,β-unsaturated/α-hetero) is 1. The number of hydrogen-bond donors (Lipinski definition) is 0. The molecule has 0 aliphatic carbocycles. The van der Waals surface area contributed by atoms with Gasteiger partial charge in [0, 0.05) is 12.3 Å². The summed E-state index contributed by atoms with van der Waals surface area (Å²) in [5.74, 6) is 0.852. The van der Waals surface area contributed by atoms with Crippen molar-refractivity contribution >= 4 is 23.5 Å². The highest BCUT2D eigenvalue weighted by atomic mass is 32.2. The van der Waals surface area contributed by atoms with E-state index in [4.69, 9.17) is 4.74 Å². The number of hydrogen-bond acceptors (Lipinski definition) is 5. The fourth-order valence-electron chi connectivity index (χ4n) is 2.29. The first-order valence-electron chi connectivity index (χ1n) is 8.67. The molecule has 4 nitrogen and oxygen atoms in total. The van der Waals surface area contributed by atoms with Gasteiger partial charge >= 0.3 is 5.97 Å². The Morgan fingerprint density at radius 1 is 1.12 bits per heavy atom. The average molecular weight is 352 g/mol. The molecular weight excluding hydrogens is 322 g/mol. The number of thioether (sulfide) groups is 1. The molecule has 0 aliphatic rings. The Bertz CT molecular complexity index is 475. The smallest absolute Gasteiger partial charge is 0.313 e. The Kier molecular flexibility index (Phi) is 11.2. The van der Waals surface area contributed by atoms with Gasteiger partial charge in [-0.3, -0.25) is 9.59 Å². The molecule has 1 aromatic rings. The maximum atomic E-state index is 11.8. The molecule has 0 radical (unpaired) electrons. The third kappa shape index (κ3) is 9.73. The molecule has 134 valence electrons. The van der Waals surface area contributed by atoms with Crippen molar-refractivity contribution in [3.8, 4) is 0 Å². The molecule has 24 heavy (non-hydrogen) atoms. The van der Waals surface area contributed by atoms with Crippen molar-refractivity contribution in [3.63, 3.8) is 0 Å². The highest BCUT2D eigenvalue weighted by molar-refractivity contribution is 7.99. The fraction of sp³-hybridized carbons (Fsp3) is 0.579. The van der Waals surface area contributed by atoms with Crippen LogP contribution in [0.1, 0.15) is 32.3 Å². The third-order valence-corrected chi connectivity index (χ3v) is 4.76. The van der Waals surface area contributed by atoms with Gasteiger partial charge in [-0.15, -0.1) is 0 Å². The standard InChI is InChI=1S/C19H29NO3S/c1-3-20(4-2)12-14-24-16-18(21)15-19(22)23-13-8-11-17-9-6-5-7-10-17/h5-7,9-10H,3-4,8,11-16H2,1-2H3. The number of ketones is 1. The van der Waals surface area contributed by atoms with Crippen LogP contribution in [-0.2, 0) is 20.7 Å². The molecule has 0 N–H and O–H groups in total. The van der Waals surface area contributed by atoms with Gasteiger partial charge in [0.15, 0.2) is 5.78 Å². The van der Waals surface area contributed by atoms with Crippen LogP contribution in [0.4, 0.5) is 0 Å². The largest absolute Gasteiger partial charge is 0.465 e. The van der Waals surface area contributed by atoms with E-state index in [-0.39, 0.29) is 12.2 Å². The van der Waals surface area contributed by atoms with E-state index in [1.807, 2.05) is 18.2 Å². The van der Waals surface area contributed by atoms with Crippen LogP contribution in [-0.4, -0.2) is 54.4 Å². The van der Waals surface area contributed by atoms with Gasteiger partial charge in [0.1, 0.15) is 6.42 Å². The number of esters is 1. The molecule has 0 atom stereocenters. The maximum Gasteiger partial charge on any atom is 0.313 e. The summed E-state index contributed by atoms with van der Waals surface area (Å²) < 4.78 is 5.14. The van der Waals surface area contributed by atoms with E-state index >= 15 is 0 Å². The summed E-state index contributed by atoms with van der Waals surface area (Å²) >= 11 is 1.59. The van der Waals surface area contributed by atoms with Crippen LogP contribution in [0.3, 0.4) is 0 Å². The van der Waals surface area contributed by atoms with E-state index in [1.165, 1.54) is 5.56 Å². The Balaban J connectivity index is 2.04. The van der Waals surface area contributed by atoms with Crippen molar-refractivity contribution in [3.05, 3.63) is 35.9 Å². The molecule has 0 saturated carbocycles. The first kappa shape index (κ1) is 20.7. The molecule has 0 aliphatic heterocycles. The number of benzene rings is 1. The lowest BCUT2D eigenvalue weighted by atomic mass is 10.1. The lowest BCUT2D eigenvalue weighted by Gasteiger charge is -2.17. The second kappa shape index (κ2) is 13.0. The van der Waals surface area contributed by atoms with E-state index in [2.05, 4.69) is 30.9 Å². The van der Waals surface area contributed by atoms with Crippen LogP contribution in [0.25, 0.3) is 0 Å². The molecule has 1 aromatic carbocycles. The molecule has 0 bridgehead atoms. The summed E-state index contributed by atoms with van der Waals surface area (Å²) in [4.78, 5) is 25.7. The number of carbonyl (C=O) groups excluding carboxylic acids is 2. The highest BCUT2D eigenvalue weighted by Crippen LogP contribution is 2.05. The van der Waals surface area contributed by atoms with Gasteiger partial charge in [0.2, 0.25) is 0 Å². The first-order valence-corrected chi connectivity index (χ1v) is 9.82. The van der Waals surface area contributed by atoms with Crippen LogP contribution >= 0.6 is 11.8 Å². The van der Waals surface area contributed by atoms with E-state index in [0.29, 0.717) is 12.4 Å². The van der Waals surface area contributed by atoms with E-state index in [1.54, 1.807) is 11.8 Å². The van der Waals surface area contributed by atoms with Gasteiger partial charge in [-0.2, -0.15) is 11.8 Å². The van der Waals surface area contributed by atoms with Gasteiger partial charge < -0.3 is 9.64 Å². The SMILES string of the molecule is CCN(CC)CCSCC(=O)CC(=O)OCCCc1ccccc1. The molecule has 0 saturated heterocycles. The number of nitrogens with zero attached hydrogens (tertiary/aromatic N) is 1. The minimum atomic E-state index is -0.405. The zero-order valence-electron chi connectivity index (χ0n) is 14.8. The lowest BCUT2D eigenvalue weighted by molar-refractivity contribution is -0.145. The zero-order chi connectivity index (χ0) is 17.6. The van der Waals surface area contributed by atoms with Crippen LogP contribution in [0.15, 0.2) is 30.3 Å². The average Bonchev–Trinajstić information content (AvgIpc) is 2.60. The Labute approximate surface area is 149 Å². The predicted octanol–water partition coefficient (Wildman–Crippen LogP) is 3.20. The quantitative estimate of drug-likeness (QED) is 0.310. The lowest BCUT2D eigenvalue weighted by Crippen LogP contribution is -2.25. The van der Waals surface area contributed by atoms with Crippen LogP contribution in [0, 0.1) is 0 Å². The molecule has 0 amide bonds. The molecular formula is C19H29NO3S. The Hall–Kier alpha value is -1.33. The number of rotatable bonds is 13. The Morgan fingerprint density at radius 3 is 2.50 bits per heavy atom. The Morgan fingerprint density at radius 2 is 1.83 bits per heavy atom. The van der Waals surface area contributed by atoms with Crippen molar-refractivity contribution in [2.24, 2.45) is 0 Å². The molecule has 0 spiro atoms. The summed E-state index contributed by atoms with van der Waals surface area (Å²) in [5, 5.41) is 0. The van der Waals surface area contributed by atoms with Crippen molar-refractivity contribution < 1.29 is 14.3 Å². The monoisotopic (exact) mass is 351 g/mol.